The van der Waals surface area contributed by atoms with E-state index in [-0.39, 0.29) is 11.6 Å². The fourth-order valence-corrected chi connectivity index (χ4v) is 4.56. The van der Waals surface area contributed by atoms with Gasteiger partial charge in [-0.2, -0.15) is 5.10 Å². The number of rotatable bonds is 7. The molecule has 36 heavy (non-hydrogen) atoms. The van der Waals surface area contributed by atoms with Crippen molar-refractivity contribution in [3.63, 3.8) is 0 Å². The van der Waals surface area contributed by atoms with E-state index in [4.69, 9.17) is 5.10 Å². The maximum Gasteiger partial charge on any atom is 0.132 e. The van der Waals surface area contributed by atoms with Gasteiger partial charge in [0.15, 0.2) is 0 Å². The van der Waals surface area contributed by atoms with Crippen molar-refractivity contribution in [1.82, 2.24) is 9.78 Å². The molecule has 2 aromatic carbocycles. The Hall–Kier alpha value is -3.66. The molecular formula is C32H37FN2O. The van der Waals surface area contributed by atoms with Crippen molar-refractivity contribution in [2.24, 2.45) is 5.92 Å². The average Bonchev–Trinajstić information content (AvgIpc) is 3.14. The SMILES string of the molecule is C=C/C=C(/C)c1c(-c2ccc(CC)cc2F)nn(CC2CC(=CC(=C)O)C2)c1C.Cc1ccccc1. The lowest BCUT2D eigenvalue weighted by Gasteiger charge is -2.29. The van der Waals surface area contributed by atoms with Gasteiger partial charge < -0.3 is 5.11 Å². The molecular weight excluding hydrogens is 447 g/mol. The summed E-state index contributed by atoms with van der Waals surface area (Å²) in [6.07, 6.45) is 8.06. The molecule has 4 rings (SSSR count). The summed E-state index contributed by atoms with van der Waals surface area (Å²) < 4.78 is 16.9. The van der Waals surface area contributed by atoms with Crippen molar-refractivity contribution >= 4 is 5.57 Å². The molecule has 0 spiro atoms. The van der Waals surface area contributed by atoms with Crippen LogP contribution in [0.5, 0.6) is 0 Å². The molecule has 1 aliphatic carbocycles. The van der Waals surface area contributed by atoms with Crippen molar-refractivity contribution < 1.29 is 9.50 Å². The number of aliphatic hydroxyl groups excluding tert-OH is 1. The number of halogens is 1. The number of nitrogens with zero attached hydrogens (tertiary/aromatic N) is 2. The van der Waals surface area contributed by atoms with Gasteiger partial charge in [-0.3, -0.25) is 4.68 Å². The molecule has 1 aromatic heterocycles. The number of hydrogen-bond acceptors (Lipinski definition) is 2. The Morgan fingerprint density at radius 1 is 1.17 bits per heavy atom. The minimum atomic E-state index is -0.239. The summed E-state index contributed by atoms with van der Waals surface area (Å²) in [6, 6.07) is 15.7. The molecule has 0 radical (unpaired) electrons. The maximum atomic E-state index is 14.9. The zero-order chi connectivity index (χ0) is 26.2. The van der Waals surface area contributed by atoms with Crippen molar-refractivity contribution in [3.8, 4) is 11.3 Å². The van der Waals surface area contributed by atoms with Gasteiger partial charge >= 0.3 is 0 Å². The van der Waals surface area contributed by atoms with Crippen LogP contribution in [0.25, 0.3) is 16.8 Å². The van der Waals surface area contributed by atoms with E-state index in [9.17, 15) is 9.50 Å². The highest BCUT2D eigenvalue weighted by Gasteiger charge is 2.27. The average molecular weight is 485 g/mol. The summed E-state index contributed by atoms with van der Waals surface area (Å²) in [5.41, 5.74) is 7.72. The normalized spacial score (nSPS) is 15.0. The zero-order valence-electron chi connectivity index (χ0n) is 21.9. The predicted octanol–water partition coefficient (Wildman–Crippen LogP) is 8.55. The smallest absolute Gasteiger partial charge is 0.132 e. The number of aromatic nitrogens is 2. The van der Waals surface area contributed by atoms with Crippen LogP contribution in [0.4, 0.5) is 4.39 Å². The van der Waals surface area contributed by atoms with E-state index in [2.05, 4.69) is 32.2 Å². The third-order valence-corrected chi connectivity index (χ3v) is 6.51. The summed E-state index contributed by atoms with van der Waals surface area (Å²) in [7, 11) is 0. The Labute approximate surface area is 215 Å². The summed E-state index contributed by atoms with van der Waals surface area (Å²) >= 11 is 0. The molecule has 1 aliphatic rings. The number of allylic oxidation sites excluding steroid dienone is 5. The van der Waals surface area contributed by atoms with Crippen LogP contribution in [-0.4, -0.2) is 14.9 Å². The first-order valence-corrected chi connectivity index (χ1v) is 12.5. The molecule has 1 heterocycles. The van der Waals surface area contributed by atoms with Crippen LogP contribution in [0.15, 0.2) is 91.2 Å². The zero-order valence-corrected chi connectivity index (χ0v) is 21.9. The van der Waals surface area contributed by atoms with Crippen molar-refractivity contribution in [1.29, 1.82) is 0 Å². The largest absolute Gasteiger partial charge is 0.509 e. The molecule has 1 saturated carbocycles. The Morgan fingerprint density at radius 2 is 1.86 bits per heavy atom. The molecule has 188 valence electrons. The van der Waals surface area contributed by atoms with Crippen LogP contribution in [0.1, 0.15) is 49.1 Å². The number of aryl methyl sites for hydroxylation is 2. The van der Waals surface area contributed by atoms with Gasteiger partial charge in [-0.15, -0.1) is 0 Å². The van der Waals surface area contributed by atoms with E-state index in [0.717, 1.165) is 48.2 Å². The van der Waals surface area contributed by atoms with Crippen molar-refractivity contribution in [2.75, 3.05) is 0 Å². The lowest BCUT2D eigenvalue weighted by atomic mass is 9.79. The number of aliphatic hydroxyl groups is 1. The molecule has 0 bridgehead atoms. The third kappa shape index (κ3) is 6.72. The van der Waals surface area contributed by atoms with Gasteiger partial charge in [-0.1, -0.05) is 79.8 Å². The van der Waals surface area contributed by atoms with Crippen LogP contribution < -0.4 is 0 Å². The first-order valence-electron chi connectivity index (χ1n) is 12.5. The van der Waals surface area contributed by atoms with Gasteiger partial charge in [0.25, 0.3) is 0 Å². The van der Waals surface area contributed by atoms with E-state index in [1.807, 2.05) is 61.9 Å². The Morgan fingerprint density at radius 3 is 2.39 bits per heavy atom. The molecule has 1 N–H and O–H groups in total. The number of hydrogen-bond donors (Lipinski definition) is 1. The summed E-state index contributed by atoms with van der Waals surface area (Å²) in [5.74, 6) is 0.322. The minimum Gasteiger partial charge on any atom is -0.509 e. The van der Waals surface area contributed by atoms with Crippen molar-refractivity contribution in [3.05, 3.63) is 119 Å². The molecule has 4 heteroatoms. The monoisotopic (exact) mass is 484 g/mol. The van der Waals surface area contributed by atoms with Gasteiger partial charge in [0.2, 0.25) is 0 Å². The highest BCUT2D eigenvalue weighted by Crippen LogP contribution is 2.37. The van der Waals surface area contributed by atoms with Gasteiger partial charge in [0, 0.05) is 23.4 Å². The molecule has 1 fully saturated rings. The molecule has 3 nitrogen and oxygen atoms in total. The third-order valence-electron chi connectivity index (χ3n) is 6.51. The van der Waals surface area contributed by atoms with E-state index >= 15 is 0 Å². The van der Waals surface area contributed by atoms with Crippen LogP contribution >= 0.6 is 0 Å². The Kier molecular flexibility index (Phi) is 9.24. The molecule has 0 aliphatic heterocycles. The number of benzene rings is 2. The lowest BCUT2D eigenvalue weighted by molar-refractivity contribution is 0.337. The second-order valence-electron chi connectivity index (χ2n) is 9.47. The fourth-order valence-electron chi connectivity index (χ4n) is 4.56. The van der Waals surface area contributed by atoms with Gasteiger partial charge in [0.05, 0.1) is 0 Å². The quantitative estimate of drug-likeness (QED) is 0.269. The second-order valence-corrected chi connectivity index (χ2v) is 9.47. The lowest BCUT2D eigenvalue weighted by Crippen LogP contribution is -2.22. The summed E-state index contributed by atoms with van der Waals surface area (Å²) in [6.45, 7) is 16.2. The van der Waals surface area contributed by atoms with Crippen LogP contribution in [-0.2, 0) is 13.0 Å². The minimum absolute atomic E-state index is 0.106. The van der Waals surface area contributed by atoms with E-state index in [0.29, 0.717) is 17.2 Å². The molecule has 0 unspecified atom stereocenters. The Bertz CT molecular complexity index is 1270. The first kappa shape index (κ1) is 26.9. The Balaban J connectivity index is 0.000000444. The fraction of sp³-hybridized carbons (Fsp3) is 0.281. The maximum absolute atomic E-state index is 14.9. The van der Waals surface area contributed by atoms with Gasteiger partial charge in [-0.05, 0) is 75.3 Å². The van der Waals surface area contributed by atoms with Gasteiger partial charge in [0.1, 0.15) is 17.3 Å². The van der Waals surface area contributed by atoms with E-state index < -0.39 is 0 Å². The van der Waals surface area contributed by atoms with Crippen LogP contribution in [0.3, 0.4) is 0 Å². The predicted molar refractivity (Wildman–Crippen MR) is 149 cm³/mol. The molecule has 0 amide bonds. The summed E-state index contributed by atoms with van der Waals surface area (Å²) in [4.78, 5) is 0. The highest BCUT2D eigenvalue weighted by atomic mass is 19.1. The van der Waals surface area contributed by atoms with E-state index in [1.165, 1.54) is 11.1 Å². The first-order chi connectivity index (χ1) is 17.2. The molecule has 0 atom stereocenters. The summed E-state index contributed by atoms with van der Waals surface area (Å²) in [5, 5.41) is 14.1. The second kappa shape index (κ2) is 12.3. The van der Waals surface area contributed by atoms with Crippen molar-refractivity contribution in [2.45, 2.75) is 53.5 Å². The standard InChI is InChI=1S/C25H29FN2O.C7H8/c1-6-8-16(3)24-18(5)28(15-21-12-20(13-21)11-17(4)29)27-25(24)22-10-9-19(7-2)14-23(22)26;1-7-5-3-2-4-6-7/h6,8-11,14,21,29H,1,4,7,12-13,15H2,2-3,5H3;2-6H,1H3/b16-8-,20-11?;. The molecule has 0 saturated heterocycles. The molecule has 3 aromatic rings. The van der Waals surface area contributed by atoms with E-state index in [1.54, 1.807) is 18.2 Å². The van der Waals surface area contributed by atoms with Crippen LogP contribution in [0, 0.1) is 25.6 Å². The highest BCUT2D eigenvalue weighted by molar-refractivity contribution is 5.80. The topological polar surface area (TPSA) is 38.0 Å². The van der Waals surface area contributed by atoms with Gasteiger partial charge in [-0.25, -0.2) is 4.39 Å². The van der Waals surface area contributed by atoms with Crippen LogP contribution in [0.2, 0.25) is 0 Å².